The lowest BCUT2D eigenvalue weighted by Gasteiger charge is -2.36. The van der Waals surface area contributed by atoms with Crippen molar-refractivity contribution >= 4 is 11.7 Å². The third-order valence-corrected chi connectivity index (χ3v) is 6.78. The van der Waals surface area contributed by atoms with Crippen LogP contribution >= 0.6 is 0 Å². The van der Waals surface area contributed by atoms with Gasteiger partial charge in [0.15, 0.2) is 0 Å². The monoisotopic (exact) mass is 356 g/mol. The first-order valence-corrected chi connectivity index (χ1v) is 10.3. The molecule has 0 spiro atoms. The molecule has 2 unspecified atom stereocenters. The molecule has 2 heterocycles. The molecule has 1 saturated heterocycles. The lowest BCUT2D eigenvalue weighted by Crippen LogP contribution is -2.39. The van der Waals surface area contributed by atoms with Crippen LogP contribution in [0.2, 0.25) is 0 Å². The number of carbonyl (C=O) groups excluding carboxylic acids is 1. The Bertz CT molecular complexity index is 650. The van der Waals surface area contributed by atoms with Crippen molar-refractivity contribution in [3.63, 3.8) is 0 Å². The maximum Gasteiger partial charge on any atom is 0.309 e. The molecule has 142 valence electrons. The Morgan fingerprint density at radius 2 is 1.92 bits per heavy atom. The normalized spacial score (nSPS) is 25.7. The van der Waals surface area contributed by atoms with E-state index in [0.29, 0.717) is 12.0 Å². The Balaban J connectivity index is 1.55. The highest BCUT2D eigenvalue weighted by Gasteiger charge is 2.39. The summed E-state index contributed by atoms with van der Waals surface area (Å²) < 4.78 is 5.04. The highest BCUT2D eigenvalue weighted by atomic mass is 16.5. The predicted molar refractivity (Wildman–Crippen MR) is 104 cm³/mol. The number of methoxy groups -OCH3 is 1. The Morgan fingerprint density at radius 1 is 1.15 bits per heavy atom. The quantitative estimate of drug-likeness (QED) is 0.790. The number of carbonyl (C=O) groups is 1. The molecule has 4 heteroatoms. The van der Waals surface area contributed by atoms with Gasteiger partial charge in [-0.2, -0.15) is 0 Å². The number of rotatable bonds is 5. The van der Waals surface area contributed by atoms with Crippen LogP contribution in [0, 0.1) is 17.8 Å². The van der Waals surface area contributed by atoms with E-state index < -0.39 is 0 Å². The van der Waals surface area contributed by atoms with Crippen molar-refractivity contribution in [2.75, 3.05) is 25.5 Å². The molecule has 0 amide bonds. The number of piperidine rings is 1. The first-order chi connectivity index (χ1) is 12.7. The Morgan fingerprint density at radius 3 is 2.62 bits per heavy atom. The number of aryl methyl sites for hydroxylation is 1. The van der Waals surface area contributed by atoms with Gasteiger partial charge >= 0.3 is 5.97 Å². The van der Waals surface area contributed by atoms with E-state index in [2.05, 4.69) is 28.8 Å². The van der Waals surface area contributed by atoms with Gasteiger partial charge < -0.3 is 15.4 Å². The third-order valence-electron chi connectivity index (χ3n) is 6.78. The second-order valence-electron chi connectivity index (χ2n) is 8.47. The lowest BCUT2D eigenvalue weighted by atomic mass is 9.80. The average molecular weight is 357 g/mol. The van der Waals surface area contributed by atoms with Gasteiger partial charge in [0.25, 0.3) is 0 Å². The number of esters is 1. The van der Waals surface area contributed by atoms with Crippen LogP contribution in [0.3, 0.4) is 0 Å². The molecule has 1 aromatic rings. The van der Waals surface area contributed by atoms with Crippen LogP contribution in [-0.2, 0) is 16.0 Å². The maximum atomic E-state index is 12.2. The van der Waals surface area contributed by atoms with Crippen LogP contribution in [0.15, 0.2) is 18.2 Å². The number of ether oxygens (including phenoxy) is 1. The van der Waals surface area contributed by atoms with E-state index in [1.165, 1.54) is 56.0 Å². The predicted octanol–water partition coefficient (Wildman–Crippen LogP) is 3.72. The summed E-state index contributed by atoms with van der Waals surface area (Å²) in [5, 5.41) is 7.33. The van der Waals surface area contributed by atoms with Gasteiger partial charge in [-0.1, -0.05) is 19.1 Å². The van der Waals surface area contributed by atoms with Gasteiger partial charge in [-0.15, -0.1) is 0 Å². The molecule has 0 bridgehead atoms. The molecule has 26 heavy (non-hydrogen) atoms. The van der Waals surface area contributed by atoms with Crippen LogP contribution in [-0.4, -0.2) is 32.2 Å². The molecule has 3 atom stereocenters. The van der Waals surface area contributed by atoms with Crippen LogP contribution in [0.4, 0.5) is 5.69 Å². The van der Waals surface area contributed by atoms with Crippen molar-refractivity contribution in [3.8, 4) is 0 Å². The fraction of sp³-hybridized carbons (Fsp3) is 0.682. The Hall–Kier alpha value is -1.55. The van der Waals surface area contributed by atoms with Gasteiger partial charge in [-0.25, -0.2) is 0 Å². The van der Waals surface area contributed by atoms with Gasteiger partial charge in [-0.05, 0) is 86.6 Å². The average Bonchev–Trinajstić information content (AvgIpc) is 3.52. The van der Waals surface area contributed by atoms with Crippen molar-refractivity contribution in [1.82, 2.24) is 5.32 Å². The lowest BCUT2D eigenvalue weighted by molar-refractivity contribution is -0.145. The van der Waals surface area contributed by atoms with E-state index in [9.17, 15) is 4.79 Å². The van der Waals surface area contributed by atoms with Gasteiger partial charge in [0.2, 0.25) is 0 Å². The second kappa shape index (κ2) is 7.59. The zero-order chi connectivity index (χ0) is 18.1. The molecule has 2 aliphatic heterocycles. The molecule has 1 aromatic carbocycles. The highest BCUT2D eigenvalue weighted by Crippen LogP contribution is 2.48. The SMILES string of the molecule is COC(=O)[C@@H](C)C(c1ccc2c(c1)NC(C1CCNCC1)CC2)C1CC1. The smallest absolute Gasteiger partial charge is 0.309 e. The van der Waals surface area contributed by atoms with Crippen LogP contribution in [0.1, 0.15) is 56.1 Å². The van der Waals surface area contributed by atoms with Crippen molar-refractivity contribution < 1.29 is 9.53 Å². The first-order valence-electron chi connectivity index (χ1n) is 10.3. The van der Waals surface area contributed by atoms with E-state index >= 15 is 0 Å². The van der Waals surface area contributed by atoms with Gasteiger partial charge in [0, 0.05) is 11.7 Å². The van der Waals surface area contributed by atoms with Crippen LogP contribution < -0.4 is 10.6 Å². The maximum absolute atomic E-state index is 12.2. The molecule has 2 fully saturated rings. The third kappa shape index (κ3) is 3.62. The number of benzene rings is 1. The Kier molecular flexibility index (Phi) is 5.21. The van der Waals surface area contributed by atoms with Crippen molar-refractivity contribution in [2.24, 2.45) is 17.8 Å². The fourth-order valence-electron chi connectivity index (χ4n) is 5.09. The van der Waals surface area contributed by atoms with Crippen molar-refractivity contribution in [1.29, 1.82) is 0 Å². The molecule has 0 radical (unpaired) electrons. The molecule has 2 N–H and O–H groups in total. The first kappa shape index (κ1) is 17.8. The number of hydrogen-bond acceptors (Lipinski definition) is 4. The number of anilines is 1. The minimum atomic E-state index is -0.0832. The minimum Gasteiger partial charge on any atom is -0.469 e. The number of fused-ring (bicyclic) bond motifs is 1. The number of nitrogens with one attached hydrogen (secondary N) is 2. The van der Waals surface area contributed by atoms with Gasteiger partial charge in [0.05, 0.1) is 13.0 Å². The molecule has 4 rings (SSSR count). The van der Waals surface area contributed by atoms with Gasteiger partial charge in [0.1, 0.15) is 0 Å². The zero-order valence-electron chi connectivity index (χ0n) is 16.1. The van der Waals surface area contributed by atoms with Crippen LogP contribution in [0.25, 0.3) is 0 Å². The van der Waals surface area contributed by atoms with E-state index in [1.807, 2.05) is 6.92 Å². The molecule has 4 nitrogen and oxygen atoms in total. The molecule has 3 aliphatic rings. The second-order valence-corrected chi connectivity index (χ2v) is 8.47. The molecular weight excluding hydrogens is 324 g/mol. The summed E-state index contributed by atoms with van der Waals surface area (Å²) in [6, 6.07) is 7.48. The fourth-order valence-corrected chi connectivity index (χ4v) is 5.09. The molecular formula is C22H32N2O2. The summed E-state index contributed by atoms with van der Waals surface area (Å²) in [6.45, 7) is 4.33. The van der Waals surface area contributed by atoms with Gasteiger partial charge in [-0.3, -0.25) is 4.79 Å². The Labute approximate surface area is 157 Å². The minimum absolute atomic E-state index is 0.0747. The van der Waals surface area contributed by atoms with E-state index in [1.54, 1.807) is 0 Å². The standard InChI is InChI=1S/C22H32N2O2/c1-14(22(25)26-2)21(17-4-5-17)18-6-3-15-7-8-19(24-20(15)13-18)16-9-11-23-12-10-16/h3,6,13-14,16-17,19,21,23-24H,4-5,7-12H2,1-2H3/t14-,19?,21?/m0/s1. The summed E-state index contributed by atoms with van der Waals surface area (Å²) in [4.78, 5) is 12.2. The summed E-state index contributed by atoms with van der Waals surface area (Å²) >= 11 is 0. The summed E-state index contributed by atoms with van der Waals surface area (Å²) in [7, 11) is 1.50. The summed E-state index contributed by atoms with van der Waals surface area (Å²) in [6.07, 6.45) is 7.41. The molecule has 0 aromatic heterocycles. The van der Waals surface area contributed by atoms with Crippen LogP contribution in [0.5, 0.6) is 0 Å². The topological polar surface area (TPSA) is 50.4 Å². The number of hydrogen-bond donors (Lipinski definition) is 2. The van der Waals surface area contributed by atoms with E-state index in [0.717, 1.165) is 25.4 Å². The molecule has 1 saturated carbocycles. The van der Waals surface area contributed by atoms with Crippen molar-refractivity contribution in [2.45, 2.75) is 57.4 Å². The largest absolute Gasteiger partial charge is 0.469 e. The van der Waals surface area contributed by atoms with E-state index in [4.69, 9.17) is 4.74 Å². The zero-order valence-corrected chi connectivity index (χ0v) is 16.1. The van der Waals surface area contributed by atoms with Crippen molar-refractivity contribution in [3.05, 3.63) is 29.3 Å². The summed E-state index contributed by atoms with van der Waals surface area (Å²) in [5.41, 5.74) is 4.04. The molecule has 1 aliphatic carbocycles. The summed E-state index contributed by atoms with van der Waals surface area (Å²) in [5.74, 6) is 1.54. The highest BCUT2D eigenvalue weighted by molar-refractivity contribution is 5.73. The van der Waals surface area contributed by atoms with E-state index in [-0.39, 0.29) is 17.8 Å².